The van der Waals surface area contributed by atoms with Crippen LogP contribution in [0.25, 0.3) is 0 Å². The summed E-state index contributed by atoms with van der Waals surface area (Å²) < 4.78 is 26.2. The second-order valence-corrected chi connectivity index (χ2v) is 5.95. The van der Waals surface area contributed by atoms with E-state index in [1.807, 2.05) is 10.8 Å². The standard InChI is InChI=1S/C12H14N2O5S/c1-7-3-4-9(6-13)5-10(7)20(18,19)14-11(8(2)15)12(16)17/h3-5,8,11,14-15H,1-2H3,(H,16,17)/t8-,11-/m0/s1. The SMILES string of the molecule is Cc1ccc(C#N)cc1S(=O)(=O)N[C@H](C(=O)O)[C@H](C)O. The van der Waals surface area contributed by atoms with E-state index < -0.39 is 28.1 Å². The fourth-order valence-corrected chi connectivity index (χ4v) is 3.08. The molecule has 3 N–H and O–H groups in total. The Bertz CT molecular complexity index is 661. The van der Waals surface area contributed by atoms with Gasteiger partial charge in [-0.25, -0.2) is 8.42 Å². The molecule has 1 rings (SSSR count). The van der Waals surface area contributed by atoms with Crippen molar-refractivity contribution in [1.82, 2.24) is 4.72 Å². The number of aliphatic hydroxyl groups is 1. The molecule has 0 saturated heterocycles. The van der Waals surface area contributed by atoms with Crippen LogP contribution >= 0.6 is 0 Å². The third-order valence-electron chi connectivity index (χ3n) is 2.64. The molecule has 0 bridgehead atoms. The minimum atomic E-state index is -4.15. The van der Waals surface area contributed by atoms with Crippen LogP contribution in [-0.4, -0.2) is 36.7 Å². The highest BCUT2D eigenvalue weighted by Crippen LogP contribution is 2.17. The van der Waals surface area contributed by atoms with Crippen molar-refractivity contribution in [3.63, 3.8) is 0 Å². The molecule has 0 aromatic heterocycles. The predicted molar refractivity (Wildman–Crippen MR) is 69.3 cm³/mol. The van der Waals surface area contributed by atoms with Crippen molar-refractivity contribution in [2.24, 2.45) is 0 Å². The molecule has 0 fully saturated rings. The molecule has 0 heterocycles. The van der Waals surface area contributed by atoms with E-state index in [0.29, 0.717) is 5.56 Å². The maximum Gasteiger partial charge on any atom is 0.324 e. The molecule has 0 aliphatic rings. The van der Waals surface area contributed by atoms with E-state index >= 15 is 0 Å². The summed E-state index contributed by atoms with van der Waals surface area (Å²) in [6.07, 6.45) is -1.40. The Morgan fingerprint density at radius 1 is 1.45 bits per heavy atom. The first-order chi connectivity index (χ1) is 9.19. The van der Waals surface area contributed by atoms with Crippen LogP contribution < -0.4 is 4.72 Å². The first-order valence-corrected chi connectivity index (χ1v) is 7.11. The van der Waals surface area contributed by atoms with Gasteiger partial charge in [-0.05, 0) is 31.5 Å². The van der Waals surface area contributed by atoms with Crippen molar-refractivity contribution < 1.29 is 23.4 Å². The Balaban J connectivity index is 3.24. The molecule has 7 nitrogen and oxygen atoms in total. The second-order valence-electron chi connectivity index (χ2n) is 4.27. The van der Waals surface area contributed by atoms with Gasteiger partial charge >= 0.3 is 5.97 Å². The van der Waals surface area contributed by atoms with E-state index in [1.54, 1.807) is 0 Å². The monoisotopic (exact) mass is 298 g/mol. The topological polar surface area (TPSA) is 127 Å². The number of hydrogen-bond donors (Lipinski definition) is 3. The van der Waals surface area contributed by atoms with Crippen molar-refractivity contribution in [3.8, 4) is 6.07 Å². The van der Waals surface area contributed by atoms with Crippen LogP contribution in [0.15, 0.2) is 23.1 Å². The third-order valence-corrected chi connectivity index (χ3v) is 4.22. The van der Waals surface area contributed by atoms with Crippen LogP contribution in [0, 0.1) is 18.3 Å². The highest BCUT2D eigenvalue weighted by molar-refractivity contribution is 7.89. The number of sulfonamides is 1. The fourth-order valence-electron chi connectivity index (χ4n) is 1.55. The Morgan fingerprint density at radius 3 is 2.50 bits per heavy atom. The van der Waals surface area contributed by atoms with Crippen LogP contribution in [0.2, 0.25) is 0 Å². The summed E-state index contributed by atoms with van der Waals surface area (Å²) in [5.41, 5.74) is 0.506. The minimum Gasteiger partial charge on any atom is -0.480 e. The van der Waals surface area contributed by atoms with Gasteiger partial charge in [0, 0.05) is 0 Å². The lowest BCUT2D eigenvalue weighted by Gasteiger charge is -2.18. The van der Waals surface area contributed by atoms with Gasteiger partial charge in [-0.1, -0.05) is 6.07 Å². The summed E-state index contributed by atoms with van der Waals surface area (Å²) in [5.74, 6) is -1.49. The van der Waals surface area contributed by atoms with Crippen molar-refractivity contribution in [3.05, 3.63) is 29.3 Å². The molecular formula is C12H14N2O5S. The predicted octanol–water partition coefficient (Wildman–Crippen LogP) is -0.0210. The molecule has 108 valence electrons. The van der Waals surface area contributed by atoms with Crippen LogP contribution in [0.3, 0.4) is 0 Å². The van der Waals surface area contributed by atoms with E-state index in [2.05, 4.69) is 0 Å². The number of benzene rings is 1. The van der Waals surface area contributed by atoms with Crippen molar-refractivity contribution >= 4 is 16.0 Å². The quantitative estimate of drug-likeness (QED) is 0.701. The number of carboxylic acids is 1. The van der Waals surface area contributed by atoms with Gasteiger partial charge in [0.25, 0.3) is 0 Å². The number of hydrogen-bond acceptors (Lipinski definition) is 5. The van der Waals surface area contributed by atoms with E-state index in [-0.39, 0.29) is 10.5 Å². The number of nitrogens with zero attached hydrogens (tertiary/aromatic N) is 1. The van der Waals surface area contributed by atoms with Crippen LogP contribution in [-0.2, 0) is 14.8 Å². The average Bonchev–Trinajstić information content (AvgIpc) is 2.35. The van der Waals surface area contributed by atoms with E-state index in [0.717, 1.165) is 6.07 Å². The number of aliphatic carboxylic acids is 1. The molecule has 1 aromatic carbocycles. The minimum absolute atomic E-state index is 0.139. The zero-order valence-corrected chi connectivity index (χ0v) is 11.7. The van der Waals surface area contributed by atoms with Gasteiger partial charge in [-0.2, -0.15) is 9.98 Å². The largest absolute Gasteiger partial charge is 0.480 e. The smallest absolute Gasteiger partial charge is 0.324 e. The third kappa shape index (κ3) is 3.54. The summed E-state index contributed by atoms with van der Waals surface area (Å²) in [6.45, 7) is 2.69. The van der Waals surface area contributed by atoms with Gasteiger partial charge < -0.3 is 10.2 Å². The van der Waals surface area contributed by atoms with Gasteiger partial charge in [0.1, 0.15) is 6.04 Å². The summed E-state index contributed by atoms with van der Waals surface area (Å²) in [7, 11) is -4.15. The molecule has 0 unspecified atom stereocenters. The highest BCUT2D eigenvalue weighted by atomic mass is 32.2. The maximum atomic E-state index is 12.1. The second kappa shape index (κ2) is 6.00. The zero-order valence-electron chi connectivity index (χ0n) is 10.9. The molecule has 2 atom stereocenters. The number of rotatable bonds is 5. The zero-order chi connectivity index (χ0) is 15.5. The number of aliphatic hydroxyl groups excluding tert-OH is 1. The molecular weight excluding hydrogens is 284 g/mol. The van der Waals surface area contributed by atoms with Crippen molar-refractivity contribution in [2.75, 3.05) is 0 Å². The molecule has 20 heavy (non-hydrogen) atoms. The molecule has 0 aliphatic heterocycles. The first-order valence-electron chi connectivity index (χ1n) is 5.63. The summed E-state index contributed by atoms with van der Waals surface area (Å²) >= 11 is 0. The van der Waals surface area contributed by atoms with Crippen molar-refractivity contribution in [1.29, 1.82) is 5.26 Å². The highest BCUT2D eigenvalue weighted by Gasteiger charge is 2.30. The number of carbonyl (C=O) groups is 1. The first kappa shape index (κ1) is 16.1. The summed E-state index contributed by atoms with van der Waals surface area (Å²) in [5, 5.41) is 27.0. The number of carboxylic acid groups (broad SMARTS) is 1. The Kier molecular flexibility index (Phi) is 4.83. The number of nitrogens with one attached hydrogen (secondary N) is 1. The molecule has 8 heteroatoms. The molecule has 0 saturated carbocycles. The van der Waals surface area contributed by atoms with Crippen molar-refractivity contribution in [2.45, 2.75) is 30.9 Å². The lowest BCUT2D eigenvalue weighted by molar-refractivity contribution is -0.141. The van der Waals surface area contributed by atoms with E-state index in [4.69, 9.17) is 10.4 Å². The maximum absolute atomic E-state index is 12.1. The Morgan fingerprint density at radius 2 is 2.05 bits per heavy atom. The van der Waals surface area contributed by atoms with Gasteiger partial charge in [0.2, 0.25) is 10.0 Å². The summed E-state index contributed by atoms with van der Waals surface area (Å²) in [4.78, 5) is 10.7. The fraction of sp³-hybridized carbons (Fsp3) is 0.333. The molecule has 0 radical (unpaired) electrons. The molecule has 0 spiro atoms. The number of nitriles is 1. The van der Waals surface area contributed by atoms with Gasteiger partial charge in [0.05, 0.1) is 22.6 Å². The normalized spacial score (nSPS) is 14.3. The average molecular weight is 298 g/mol. The van der Waals surface area contributed by atoms with Crippen LogP contribution in [0.4, 0.5) is 0 Å². The van der Waals surface area contributed by atoms with Gasteiger partial charge in [-0.3, -0.25) is 4.79 Å². The van der Waals surface area contributed by atoms with E-state index in [9.17, 15) is 18.3 Å². The molecule has 0 amide bonds. The Labute approximate surface area is 116 Å². The number of aryl methyl sites for hydroxylation is 1. The lowest BCUT2D eigenvalue weighted by atomic mass is 10.2. The Hall–Kier alpha value is -1.95. The van der Waals surface area contributed by atoms with Crippen LogP contribution in [0.5, 0.6) is 0 Å². The van der Waals surface area contributed by atoms with E-state index in [1.165, 1.54) is 26.0 Å². The van der Waals surface area contributed by atoms with Gasteiger partial charge in [0.15, 0.2) is 0 Å². The molecule has 0 aliphatic carbocycles. The van der Waals surface area contributed by atoms with Gasteiger partial charge in [-0.15, -0.1) is 0 Å². The molecule has 1 aromatic rings. The van der Waals surface area contributed by atoms with Crippen LogP contribution in [0.1, 0.15) is 18.1 Å². The lowest BCUT2D eigenvalue weighted by Crippen LogP contribution is -2.47. The summed E-state index contributed by atoms with van der Waals surface area (Å²) in [6, 6.07) is 4.20.